The summed E-state index contributed by atoms with van der Waals surface area (Å²) >= 11 is 5.62. The summed E-state index contributed by atoms with van der Waals surface area (Å²) in [6.07, 6.45) is 0.884. The van der Waals surface area contributed by atoms with E-state index in [0.717, 1.165) is 0 Å². The van der Waals surface area contributed by atoms with Crippen molar-refractivity contribution in [2.24, 2.45) is 0 Å². The summed E-state index contributed by atoms with van der Waals surface area (Å²) in [6.45, 7) is 3.50. The predicted octanol–water partition coefficient (Wildman–Crippen LogP) is 2.99. The highest BCUT2D eigenvalue weighted by molar-refractivity contribution is 6.28. The molecular weight excluding hydrogens is 256 g/mol. The number of hydrogen-bond donors (Lipinski definition) is 0. The molecule has 0 fully saturated rings. The second kappa shape index (κ2) is 4.74. The summed E-state index contributed by atoms with van der Waals surface area (Å²) in [4.78, 5) is 14.3. The summed E-state index contributed by atoms with van der Waals surface area (Å²) in [5.74, 6) is 0. The number of fused-ring (bicyclic) bond motifs is 1. The molecule has 0 aliphatic carbocycles. The Balaban J connectivity index is 2.67. The van der Waals surface area contributed by atoms with E-state index in [4.69, 9.17) is 11.6 Å². The van der Waals surface area contributed by atoms with E-state index in [-0.39, 0.29) is 11.0 Å². The zero-order valence-corrected chi connectivity index (χ0v) is 9.06. The molecule has 0 saturated carbocycles. The van der Waals surface area contributed by atoms with Crippen LogP contribution in [0.2, 0.25) is 5.28 Å². The van der Waals surface area contributed by atoms with Gasteiger partial charge in [-0.1, -0.05) is 6.58 Å². The first-order valence-electron chi connectivity index (χ1n) is 4.42. The van der Waals surface area contributed by atoms with E-state index in [0.29, 0.717) is 11.0 Å². The van der Waals surface area contributed by atoms with Gasteiger partial charge < -0.3 is 4.57 Å². The molecule has 2 aromatic rings. The van der Waals surface area contributed by atoms with Crippen LogP contribution >= 0.6 is 11.6 Å². The van der Waals surface area contributed by atoms with Crippen molar-refractivity contribution < 1.29 is 18.9 Å². The van der Waals surface area contributed by atoms with Crippen molar-refractivity contribution in [1.29, 1.82) is 0 Å². The Hall–Kier alpha value is -1.57. The van der Waals surface area contributed by atoms with Crippen LogP contribution in [0.5, 0.6) is 0 Å². The second-order valence-corrected chi connectivity index (χ2v) is 3.39. The smallest absolute Gasteiger partial charge is 0.275 e. The standard InChI is InChI=1S/C9H6ClF2N3O2/c1-2-15-6(8(16-11)17-12)3-5-4-13-9(10)14-7(5)15/h2-4,8H,1H2. The fourth-order valence-electron chi connectivity index (χ4n) is 1.49. The number of hydrogen-bond acceptors (Lipinski definition) is 4. The number of aromatic nitrogens is 3. The van der Waals surface area contributed by atoms with E-state index in [1.807, 2.05) is 0 Å². The van der Waals surface area contributed by atoms with Gasteiger partial charge in [-0.15, -0.1) is 0 Å². The molecule has 8 heteroatoms. The fraction of sp³-hybridized carbons (Fsp3) is 0.111. The third-order valence-electron chi connectivity index (χ3n) is 2.16. The highest BCUT2D eigenvalue weighted by Crippen LogP contribution is 2.27. The Morgan fingerprint density at radius 2 is 2.18 bits per heavy atom. The van der Waals surface area contributed by atoms with Gasteiger partial charge in [-0.3, -0.25) is 0 Å². The van der Waals surface area contributed by atoms with Crippen LogP contribution in [0.1, 0.15) is 12.0 Å². The highest BCUT2D eigenvalue weighted by atomic mass is 35.5. The van der Waals surface area contributed by atoms with E-state index in [9.17, 15) is 9.05 Å². The molecule has 0 aromatic carbocycles. The average molecular weight is 262 g/mol. The van der Waals surface area contributed by atoms with E-state index < -0.39 is 6.29 Å². The molecule has 2 aromatic heterocycles. The molecule has 0 bridgehead atoms. The molecule has 2 rings (SSSR count). The molecule has 0 aliphatic heterocycles. The van der Waals surface area contributed by atoms with Gasteiger partial charge in [0.25, 0.3) is 6.29 Å². The first-order valence-corrected chi connectivity index (χ1v) is 4.79. The highest BCUT2D eigenvalue weighted by Gasteiger charge is 2.21. The van der Waals surface area contributed by atoms with Gasteiger partial charge >= 0.3 is 0 Å². The molecule has 0 spiro atoms. The lowest BCUT2D eigenvalue weighted by Gasteiger charge is -2.08. The van der Waals surface area contributed by atoms with Crippen molar-refractivity contribution in [3.63, 3.8) is 0 Å². The second-order valence-electron chi connectivity index (χ2n) is 3.05. The Labute approximate surface area is 99.0 Å². The van der Waals surface area contributed by atoms with Crippen LogP contribution in [0.4, 0.5) is 9.05 Å². The van der Waals surface area contributed by atoms with Crippen molar-refractivity contribution in [2.45, 2.75) is 6.29 Å². The first kappa shape index (κ1) is 11.9. The lowest BCUT2D eigenvalue weighted by Crippen LogP contribution is -2.05. The third kappa shape index (κ3) is 1.99. The largest absolute Gasteiger partial charge is 0.300 e. The maximum atomic E-state index is 12.1. The maximum Gasteiger partial charge on any atom is 0.275 e. The van der Waals surface area contributed by atoms with Gasteiger partial charge in [0.05, 0.1) is 5.69 Å². The SMILES string of the molecule is C=Cn1c(C(OF)OF)cc2cnc(Cl)nc21. The summed E-state index contributed by atoms with van der Waals surface area (Å²) in [6, 6.07) is 1.40. The molecule has 2 heterocycles. The Kier molecular flexibility index (Phi) is 3.32. The number of rotatable bonds is 4. The number of nitrogens with zero attached hydrogens (tertiary/aromatic N) is 3. The lowest BCUT2D eigenvalue weighted by atomic mass is 10.3. The molecule has 0 aliphatic rings. The fourth-order valence-corrected chi connectivity index (χ4v) is 1.61. The molecule has 0 N–H and O–H groups in total. The quantitative estimate of drug-likeness (QED) is 0.627. The molecule has 0 saturated heterocycles. The minimum absolute atomic E-state index is 0.00383. The Morgan fingerprint density at radius 1 is 1.47 bits per heavy atom. The maximum absolute atomic E-state index is 12.1. The summed E-state index contributed by atoms with van der Waals surface area (Å²) in [7, 11) is 0. The minimum atomic E-state index is -1.82. The Bertz CT molecular complexity index is 556. The van der Waals surface area contributed by atoms with Gasteiger partial charge in [0, 0.05) is 17.8 Å². The molecule has 0 unspecified atom stereocenters. The van der Waals surface area contributed by atoms with E-state index in [1.165, 1.54) is 23.0 Å². The van der Waals surface area contributed by atoms with Crippen LogP contribution in [0, 0.1) is 0 Å². The van der Waals surface area contributed by atoms with Gasteiger partial charge in [0.2, 0.25) is 5.28 Å². The summed E-state index contributed by atoms with van der Waals surface area (Å²) < 4.78 is 25.5. The van der Waals surface area contributed by atoms with Crippen LogP contribution in [0.25, 0.3) is 17.2 Å². The van der Waals surface area contributed by atoms with Gasteiger partial charge in [0.1, 0.15) is 5.65 Å². The summed E-state index contributed by atoms with van der Waals surface area (Å²) in [5.41, 5.74) is 0.380. The molecule has 17 heavy (non-hydrogen) atoms. The van der Waals surface area contributed by atoms with Crippen molar-refractivity contribution in [2.75, 3.05) is 0 Å². The van der Waals surface area contributed by atoms with Crippen LogP contribution in [-0.4, -0.2) is 14.5 Å². The summed E-state index contributed by atoms with van der Waals surface area (Å²) in [5, 5.41) is 0.521. The first-order chi connectivity index (χ1) is 8.21. The topological polar surface area (TPSA) is 49.2 Å². The normalized spacial score (nSPS) is 11.3. The van der Waals surface area contributed by atoms with Gasteiger partial charge in [0.15, 0.2) is 0 Å². The molecule has 0 atom stereocenters. The van der Waals surface area contributed by atoms with Crippen molar-refractivity contribution in [1.82, 2.24) is 14.5 Å². The van der Waals surface area contributed by atoms with Gasteiger partial charge in [-0.2, -0.15) is 14.9 Å². The van der Waals surface area contributed by atoms with Crippen LogP contribution in [0.15, 0.2) is 18.8 Å². The molecule has 5 nitrogen and oxygen atoms in total. The molecule has 90 valence electrons. The van der Waals surface area contributed by atoms with E-state index >= 15 is 0 Å². The van der Waals surface area contributed by atoms with Gasteiger partial charge in [-0.25, -0.2) is 4.98 Å². The third-order valence-corrected chi connectivity index (χ3v) is 2.34. The molecule has 0 amide bonds. The van der Waals surface area contributed by atoms with Gasteiger partial charge in [-0.05, 0) is 26.7 Å². The Morgan fingerprint density at radius 3 is 2.76 bits per heavy atom. The van der Waals surface area contributed by atoms with Crippen molar-refractivity contribution >= 4 is 28.8 Å². The zero-order valence-electron chi connectivity index (χ0n) is 8.31. The van der Waals surface area contributed by atoms with Crippen LogP contribution < -0.4 is 0 Å². The van der Waals surface area contributed by atoms with Crippen molar-refractivity contribution in [3.05, 3.63) is 29.8 Å². The number of halogens is 3. The predicted molar refractivity (Wildman–Crippen MR) is 56.1 cm³/mol. The average Bonchev–Trinajstić information content (AvgIpc) is 2.68. The van der Waals surface area contributed by atoms with Crippen LogP contribution in [0.3, 0.4) is 0 Å². The minimum Gasteiger partial charge on any atom is -0.300 e. The zero-order chi connectivity index (χ0) is 12.4. The van der Waals surface area contributed by atoms with Crippen LogP contribution in [-0.2, 0) is 9.88 Å². The van der Waals surface area contributed by atoms with E-state index in [1.54, 1.807) is 0 Å². The molecular formula is C9H6ClF2N3O2. The van der Waals surface area contributed by atoms with Crippen molar-refractivity contribution in [3.8, 4) is 0 Å². The van der Waals surface area contributed by atoms with E-state index in [2.05, 4.69) is 26.4 Å². The lowest BCUT2D eigenvalue weighted by molar-refractivity contribution is -0.355. The molecule has 0 radical (unpaired) electrons. The monoisotopic (exact) mass is 261 g/mol.